The van der Waals surface area contributed by atoms with Crippen LogP contribution in [-0.2, 0) is 11.3 Å². The molecule has 36 heavy (non-hydrogen) atoms. The minimum Gasteiger partial charge on any atom is -0.379 e. The molecular weight excluding hydrogens is 455 g/mol. The van der Waals surface area contributed by atoms with Crippen LogP contribution in [0.4, 0.5) is 4.39 Å². The fourth-order valence-corrected chi connectivity index (χ4v) is 4.55. The minimum atomic E-state index is -0.317. The molecule has 1 aliphatic heterocycles. The Balaban J connectivity index is 1.33. The first-order valence-corrected chi connectivity index (χ1v) is 12.0. The highest BCUT2D eigenvalue weighted by molar-refractivity contribution is 5.95. The van der Waals surface area contributed by atoms with Crippen molar-refractivity contribution in [1.82, 2.24) is 29.6 Å². The molecule has 1 saturated heterocycles. The highest BCUT2D eigenvalue weighted by Gasteiger charge is 2.15. The summed E-state index contributed by atoms with van der Waals surface area (Å²) in [6, 6.07) is 14.5. The normalized spacial score (nSPS) is 14.4. The number of ether oxygens (including phenoxy) is 1. The Morgan fingerprint density at radius 2 is 1.72 bits per heavy atom. The summed E-state index contributed by atoms with van der Waals surface area (Å²) in [4.78, 5) is 16.0. The number of morpholine rings is 1. The SMILES string of the molecule is Fc1ccccc1-c1cc(-c2cncc(-c3cnn(CCN4CCOCC4)c3)c2)c2cccnc2n1. The summed E-state index contributed by atoms with van der Waals surface area (Å²) >= 11 is 0. The quantitative estimate of drug-likeness (QED) is 0.351. The molecule has 0 bridgehead atoms. The standard InChI is InChI=1S/C28H25FN6O/c29-26-6-2-1-4-24(26)27-15-25(23-5-3-7-31-28(23)33-27)21-14-20(16-30-17-21)22-18-32-35(19-22)9-8-34-10-12-36-13-11-34/h1-7,14-19H,8-13H2. The second-order valence-corrected chi connectivity index (χ2v) is 8.82. The lowest BCUT2D eigenvalue weighted by Crippen LogP contribution is -2.38. The molecule has 0 radical (unpaired) electrons. The maximum absolute atomic E-state index is 14.6. The van der Waals surface area contributed by atoms with E-state index in [1.165, 1.54) is 6.07 Å². The summed E-state index contributed by atoms with van der Waals surface area (Å²) in [5.41, 5.74) is 5.32. The van der Waals surface area contributed by atoms with Crippen LogP contribution in [0.2, 0.25) is 0 Å². The zero-order valence-corrected chi connectivity index (χ0v) is 19.7. The Morgan fingerprint density at radius 3 is 2.61 bits per heavy atom. The number of hydrogen-bond acceptors (Lipinski definition) is 6. The molecule has 180 valence electrons. The van der Waals surface area contributed by atoms with Crippen LogP contribution in [0.5, 0.6) is 0 Å². The Hall–Kier alpha value is -4.01. The maximum Gasteiger partial charge on any atom is 0.160 e. The first kappa shape index (κ1) is 22.5. The molecule has 0 amide bonds. The van der Waals surface area contributed by atoms with Crippen LogP contribution >= 0.6 is 0 Å². The number of halogens is 1. The Bertz CT molecular complexity index is 1510. The highest BCUT2D eigenvalue weighted by Crippen LogP contribution is 2.33. The van der Waals surface area contributed by atoms with Crippen LogP contribution in [0.15, 0.2) is 79.5 Å². The number of rotatable bonds is 6. The average molecular weight is 481 g/mol. The van der Waals surface area contributed by atoms with E-state index in [0.29, 0.717) is 16.9 Å². The lowest BCUT2D eigenvalue weighted by atomic mass is 9.99. The van der Waals surface area contributed by atoms with E-state index in [-0.39, 0.29) is 5.82 Å². The topological polar surface area (TPSA) is 69.0 Å². The fourth-order valence-electron chi connectivity index (χ4n) is 4.55. The molecule has 0 unspecified atom stereocenters. The van der Waals surface area contributed by atoms with Gasteiger partial charge in [-0.15, -0.1) is 0 Å². The molecule has 6 rings (SSSR count). The molecule has 5 heterocycles. The van der Waals surface area contributed by atoms with Gasteiger partial charge in [-0.3, -0.25) is 14.6 Å². The van der Waals surface area contributed by atoms with Crippen LogP contribution in [0.3, 0.4) is 0 Å². The van der Waals surface area contributed by atoms with Gasteiger partial charge in [0.2, 0.25) is 0 Å². The summed E-state index contributed by atoms with van der Waals surface area (Å²) in [5, 5.41) is 5.45. The Kier molecular flexibility index (Phi) is 6.19. The monoisotopic (exact) mass is 480 g/mol. The van der Waals surface area contributed by atoms with E-state index in [1.807, 2.05) is 41.5 Å². The van der Waals surface area contributed by atoms with E-state index in [1.54, 1.807) is 24.4 Å². The van der Waals surface area contributed by atoms with Gasteiger partial charge in [0.25, 0.3) is 0 Å². The van der Waals surface area contributed by atoms with Crippen molar-refractivity contribution in [3.63, 3.8) is 0 Å². The van der Waals surface area contributed by atoms with Gasteiger partial charge >= 0.3 is 0 Å². The van der Waals surface area contributed by atoms with E-state index in [9.17, 15) is 4.39 Å². The van der Waals surface area contributed by atoms with Gasteiger partial charge in [0.05, 0.1) is 31.6 Å². The zero-order chi connectivity index (χ0) is 24.3. The third-order valence-corrected chi connectivity index (χ3v) is 6.50. The van der Waals surface area contributed by atoms with Gasteiger partial charge in [0.1, 0.15) is 5.82 Å². The predicted octanol–water partition coefficient (Wildman–Crippen LogP) is 4.69. The van der Waals surface area contributed by atoms with Crippen molar-refractivity contribution in [3.05, 3.63) is 85.3 Å². The smallest absolute Gasteiger partial charge is 0.160 e. The zero-order valence-electron chi connectivity index (χ0n) is 19.7. The number of pyridine rings is 3. The molecular formula is C28H25FN6O. The summed E-state index contributed by atoms with van der Waals surface area (Å²) < 4.78 is 22.0. The summed E-state index contributed by atoms with van der Waals surface area (Å²) in [7, 11) is 0. The van der Waals surface area contributed by atoms with E-state index in [2.05, 4.69) is 37.2 Å². The number of fused-ring (bicyclic) bond motifs is 1. The molecule has 0 atom stereocenters. The summed E-state index contributed by atoms with van der Waals surface area (Å²) in [6.45, 7) is 5.27. The van der Waals surface area contributed by atoms with Crippen molar-refractivity contribution in [2.24, 2.45) is 0 Å². The lowest BCUT2D eigenvalue weighted by Gasteiger charge is -2.26. The van der Waals surface area contributed by atoms with E-state index in [4.69, 9.17) is 4.74 Å². The van der Waals surface area contributed by atoms with Crippen LogP contribution in [0.1, 0.15) is 0 Å². The summed E-state index contributed by atoms with van der Waals surface area (Å²) in [5.74, 6) is -0.317. The minimum absolute atomic E-state index is 0.317. The van der Waals surface area contributed by atoms with Crippen molar-refractivity contribution in [3.8, 4) is 33.5 Å². The molecule has 4 aromatic heterocycles. The largest absolute Gasteiger partial charge is 0.379 e. The molecule has 1 fully saturated rings. The molecule has 5 aromatic rings. The van der Waals surface area contributed by atoms with E-state index in [0.717, 1.165) is 67.0 Å². The van der Waals surface area contributed by atoms with E-state index >= 15 is 0 Å². The number of aromatic nitrogens is 5. The molecule has 1 aliphatic rings. The Morgan fingerprint density at radius 1 is 0.861 bits per heavy atom. The van der Waals surface area contributed by atoms with Crippen molar-refractivity contribution in [2.45, 2.75) is 6.54 Å². The van der Waals surface area contributed by atoms with Crippen molar-refractivity contribution < 1.29 is 9.13 Å². The van der Waals surface area contributed by atoms with Crippen molar-refractivity contribution >= 4 is 11.0 Å². The molecule has 7 nitrogen and oxygen atoms in total. The third-order valence-electron chi connectivity index (χ3n) is 6.50. The number of benzene rings is 1. The number of hydrogen-bond donors (Lipinski definition) is 0. The van der Waals surface area contributed by atoms with Gasteiger partial charge in [-0.1, -0.05) is 12.1 Å². The molecule has 0 aliphatic carbocycles. The molecule has 0 N–H and O–H groups in total. The van der Waals surface area contributed by atoms with Gasteiger partial charge in [0.15, 0.2) is 5.65 Å². The van der Waals surface area contributed by atoms with Gasteiger partial charge < -0.3 is 4.74 Å². The summed E-state index contributed by atoms with van der Waals surface area (Å²) in [6.07, 6.45) is 9.28. The first-order valence-electron chi connectivity index (χ1n) is 12.0. The molecule has 0 spiro atoms. The highest BCUT2D eigenvalue weighted by atomic mass is 19.1. The lowest BCUT2D eigenvalue weighted by molar-refractivity contribution is 0.0360. The number of nitrogens with zero attached hydrogens (tertiary/aromatic N) is 6. The first-order chi connectivity index (χ1) is 17.7. The van der Waals surface area contributed by atoms with Gasteiger partial charge in [-0.05, 0) is 42.0 Å². The van der Waals surface area contributed by atoms with Gasteiger partial charge in [-0.2, -0.15) is 5.10 Å². The Labute approximate surface area is 208 Å². The van der Waals surface area contributed by atoms with Crippen LogP contribution < -0.4 is 0 Å². The molecule has 0 saturated carbocycles. The van der Waals surface area contributed by atoms with Crippen molar-refractivity contribution in [2.75, 3.05) is 32.8 Å². The van der Waals surface area contributed by atoms with Crippen LogP contribution in [0, 0.1) is 5.82 Å². The van der Waals surface area contributed by atoms with E-state index < -0.39 is 0 Å². The van der Waals surface area contributed by atoms with Crippen molar-refractivity contribution in [1.29, 1.82) is 0 Å². The molecule has 1 aromatic carbocycles. The molecule has 8 heteroatoms. The average Bonchev–Trinajstić information content (AvgIpc) is 3.41. The second-order valence-electron chi connectivity index (χ2n) is 8.82. The predicted molar refractivity (Wildman–Crippen MR) is 137 cm³/mol. The third kappa shape index (κ3) is 4.60. The fraction of sp³-hybridized carbons (Fsp3) is 0.214. The van der Waals surface area contributed by atoms with Crippen LogP contribution in [-0.4, -0.2) is 62.5 Å². The van der Waals surface area contributed by atoms with Gasteiger partial charge in [0, 0.05) is 72.1 Å². The maximum atomic E-state index is 14.6. The van der Waals surface area contributed by atoms with Crippen LogP contribution in [0.25, 0.3) is 44.5 Å². The second kappa shape index (κ2) is 9.93. The van der Waals surface area contributed by atoms with Gasteiger partial charge in [-0.25, -0.2) is 14.4 Å².